The maximum atomic E-state index is 13.4. The van der Waals surface area contributed by atoms with Crippen LogP contribution in [0.1, 0.15) is 37.7 Å². The molecule has 0 spiro atoms. The molecule has 5 rings (SSSR count). The van der Waals surface area contributed by atoms with Crippen LogP contribution in [0.3, 0.4) is 0 Å². The van der Waals surface area contributed by atoms with Crippen LogP contribution in [0, 0.1) is 11.8 Å². The average Bonchev–Trinajstić information content (AvgIpc) is 2.93. The van der Waals surface area contributed by atoms with Gasteiger partial charge in [0.15, 0.2) is 5.78 Å². The van der Waals surface area contributed by atoms with E-state index in [1.807, 2.05) is 24.3 Å². The second kappa shape index (κ2) is 6.88. The number of hydrogen-bond donors (Lipinski definition) is 0. The highest BCUT2D eigenvalue weighted by atomic mass is 16.7. The van der Waals surface area contributed by atoms with E-state index in [-0.39, 0.29) is 41.7 Å². The summed E-state index contributed by atoms with van der Waals surface area (Å²) in [5.74, 6) is -0.125. The first-order chi connectivity index (χ1) is 13.2. The number of amides is 1. The summed E-state index contributed by atoms with van der Waals surface area (Å²) < 4.78 is 0. The van der Waals surface area contributed by atoms with Crippen LogP contribution in [0.5, 0.6) is 0 Å². The molecule has 5 nitrogen and oxygen atoms in total. The molecule has 0 N–H and O–H groups in total. The summed E-state index contributed by atoms with van der Waals surface area (Å²) in [4.78, 5) is 34.4. The number of hydroxylamine groups is 2. The molecule has 2 saturated heterocycles. The Hall–Kier alpha value is -1.98. The maximum Gasteiger partial charge on any atom is 0.251 e. The van der Waals surface area contributed by atoms with Crippen molar-refractivity contribution < 1.29 is 14.4 Å². The molecule has 27 heavy (non-hydrogen) atoms. The maximum absolute atomic E-state index is 13.4. The number of carbonyl (C=O) groups is 2. The Morgan fingerprint density at radius 2 is 1.81 bits per heavy atom. The van der Waals surface area contributed by atoms with Crippen LogP contribution in [0.15, 0.2) is 42.5 Å². The van der Waals surface area contributed by atoms with Crippen LogP contribution >= 0.6 is 0 Å². The van der Waals surface area contributed by atoms with Crippen molar-refractivity contribution in [3.63, 3.8) is 0 Å². The monoisotopic (exact) mass is 366 g/mol. The van der Waals surface area contributed by atoms with Gasteiger partial charge in [0.1, 0.15) is 0 Å². The number of fused-ring (bicyclic) bond motifs is 5. The van der Waals surface area contributed by atoms with Gasteiger partial charge in [0.2, 0.25) is 0 Å². The second-order valence-electron chi connectivity index (χ2n) is 8.30. The number of benzene rings is 1. The molecule has 1 amide bonds. The molecule has 1 aromatic rings. The minimum absolute atomic E-state index is 0.0285. The van der Waals surface area contributed by atoms with E-state index in [9.17, 15) is 9.59 Å². The first-order valence-electron chi connectivity index (χ1n) is 10.2. The van der Waals surface area contributed by atoms with Crippen molar-refractivity contribution in [3.05, 3.63) is 48.0 Å². The predicted molar refractivity (Wildman–Crippen MR) is 100 cm³/mol. The van der Waals surface area contributed by atoms with Gasteiger partial charge < -0.3 is 0 Å². The van der Waals surface area contributed by atoms with Crippen molar-refractivity contribution >= 4 is 11.7 Å². The Morgan fingerprint density at radius 1 is 1.04 bits per heavy atom. The highest BCUT2D eigenvalue weighted by Crippen LogP contribution is 2.44. The summed E-state index contributed by atoms with van der Waals surface area (Å²) in [6.07, 6.45) is 9.24. The fourth-order valence-corrected chi connectivity index (χ4v) is 5.47. The molecule has 1 aromatic carbocycles. The largest absolute Gasteiger partial charge is 0.293 e. The Labute approximate surface area is 159 Å². The summed E-state index contributed by atoms with van der Waals surface area (Å²) in [6.45, 7) is 1.22. The third kappa shape index (κ3) is 2.84. The Bertz CT molecular complexity index is 756. The Morgan fingerprint density at radius 3 is 2.59 bits per heavy atom. The molecule has 1 saturated carbocycles. The molecule has 3 aliphatic heterocycles. The molecule has 4 aliphatic rings. The van der Waals surface area contributed by atoms with Crippen molar-refractivity contribution in [1.82, 2.24) is 9.96 Å². The predicted octanol–water partition coefficient (Wildman–Crippen LogP) is 2.72. The van der Waals surface area contributed by atoms with Crippen LogP contribution in [0.2, 0.25) is 0 Å². The van der Waals surface area contributed by atoms with E-state index in [0.717, 1.165) is 25.7 Å². The summed E-state index contributed by atoms with van der Waals surface area (Å²) in [6, 6.07) is 10.1. The van der Waals surface area contributed by atoms with Crippen LogP contribution in [-0.4, -0.2) is 46.4 Å². The molecule has 0 radical (unpaired) electrons. The van der Waals surface area contributed by atoms with Gasteiger partial charge in [0, 0.05) is 18.5 Å². The lowest BCUT2D eigenvalue weighted by Crippen LogP contribution is -2.54. The fraction of sp³-hybridized carbons (Fsp3) is 0.545. The SMILES string of the molecule is O=C1C=C[C@H]2C3CON(C4CCCCC4)C(=O)C3[C@@H]1N2Cc1ccccc1. The molecule has 3 heterocycles. The molecular formula is C22H26N2O3. The van der Waals surface area contributed by atoms with Gasteiger partial charge in [-0.05, 0) is 24.5 Å². The number of nitrogens with zero attached hydrogens (tertiary/aromatic N) is 2. The Kier molecular flexibility index (Phi) is 4.37. The summed E-state index contributed by atoms with van der Waals surface area (Å²) in [5.41, 5.74) is 1.17. The molecule has 4 atom stereocenters. The lowest BCUT2D eigenvalue weighted by Gasteiger charge is -2.40. The van der Waals surface area contributed by atoms with Crippen molar-refractivity contribution in [2.45, 2.75) is 56.8 Å². The lowest BCUT2D eigenvalue weighted by molar-refractivity contribution is -0.231. The molecule has 1 aliphatic carbocycles. The molecule has 142 valence electrons. The van der Waals surface area contributed by atoms with Gasteiger partial charge in [0.05, 0.1) is 24.6 Å². The second-order valence-corrected chi connectivity index (χ2v) is 8.30. The summed E-state index contributed by atoms with van der Waals surface area (Å²) in [5, 5.41) is 1.65. The van der Waals surface area contributed by atoms with Crippen LogP contribution in [0.25, 0.3) is 0 Å². The highest BCUT2D eigenvalue weighted by Gasteiger charge is 2.58. The third-order valence-electron chi connectivity index (χ3n) is 6.75. The van der Waals surface area contributed by atoms with Gasteiger partial charge in [0.25, 0.3) is 5.91 Å². The number of ketones is 1. The number of hydrogen-bond acceptors (Lipinski definition) is 4. The quantitative estimate of drug-likeness (QED) is 0.825. The van der Waals surface area contributed by atoms with E-state index >= 15 is 0 Å². The fourth-order valence-electron chi connectivity index (χ4n) is 5.47. The molecule has 2 unspecified atom stereocenters. The first kappa shape index (κ1) is 17.1. The van der Waals surface area contributed by atoms with Crippen molar-refractivity contribution in [1.29, 1.82) is 0 Å². The smallest absolute Gasteiger partial charge is 0.251 e. The van der Waals surface area contributed by atoms with Crippen LogP contribution < -0.4 is 0 Å². The van der Waals surface area contributed by atoms with Gasteiger partial charge in [-0.15, -0.1) is 0 Å². The number of carbonyl (C=O) groups excluding carboxylic acids is 2. The summed E-state index contributed by atoms with van der Waals surface area (Å²) in [7, 11) is 0. The molecule has 2 bridgehead atoms. The van der Waals surface area contributed by atoms with E-state index in [1.165, 1.54) is 12.0 Å². The van der Waals surface area contributed by atoms with E-state index in [0.29, 0.717) is 13.2 Å². The zero-order chi connectivity index (χ0) is 18.4. The van der Waals surface area contributed by atoms with Gasteiger partial charge in [-0.2, -0.15) is 0 Å². The minimum Gasteiger partial charge on any atom is -0.293 e. The van der Waals surface area contributed by atoms with E-state index in [2.05, 4.69) is 17.0 Å². The average molecular weight is 366 g/mol. The summed E-state index contributed by atoms with van der Waals surface area (Å²) >= 11 is 0. The van der Waals surface area contributed by atoms with Crippen LogP contribution in [0.4, 0.5) is 0 Å². The van der Waals surface area contributed by atoms with Crippen LogP contribution in [-0.2, 0) is 21.0 Å². The molecule has 3 fully saturated rings. The molecule has 5 heteroatoms. The van der Waals surface area contributed by atoms with Gasteiger partial charge >= 0.3 is 0 Å². The van der Waals surface area contributed by atoms with Gasteiger partial charge in [-0.25, -0.2) is 5.06 Å². The Balaban J connectivity index is 1.43. The lowest BCUT2D eigenvalue weighted by atomic mass is 9.85. The minimum atomic E-state index is -0.354. The van der Waals surface area contributed by atoms with E-state index < -0.39 is 0 Å². The van der Waals surface area contributed by atoms with Crippen molar-refractivity contribution in [3.8, 4) is 0 Å². The standard InChI is InChI=1S/C22H26N2O3/c25-19-12-11-18-17-14-27-24(16-9-5-2-6-10-16)22(26)20(17)21(19)23(18)13-15-7-3-1-4-8-15/h1,3-4,7-8,11-12,16-18,20-21H,2,5-6,9-10,13-14H2/t17?,18-,20?,21+/m0/s1. The first-order valence-corrected chi connectivity index (χ1v) is 10.2. The topological polar surface area (TPSA) is 49.9 Å². The van der Waals surface area contributed by atoms with E-state index in [4.69, 9.17) is 4.84 Å². The normalized spacial score (nSPS) is 34.1. The zero-order valence-electron chi connectivity index (χ0n) is 15.5. The third-order valence-corrected chi connectivity index (χ3v) is 6.75. The van der Waals surface area contributed by atoms with Crippen molar-refractivity contribution in [2.75, 3.05) is 6.61 Å². The number of rotatable bonds is 3. The van der Waals surface area contributed by atoms with Gasteiger partial charge in [-0.3, -0.25) is 19.3 Å². The zero-order valence-corrected chi connectivity index (χ0v) is 15.5. The highest BCUT2D eigenvalue weighted by molar-refractivity contribution is 6.00. The van der Waals surface area contributed by atoms with Gasteiger partial charge in [-0.1, -0.05) is 55.7 Å². The van der Waals surface area contributed by atoms with Crippen molar-refractivity contribution in [2.24, 2.45) is 11.8 Å². The van der Waals surface area contributed by atoms with E-state index in [1.54, 1.807) is 11.1 Å². The molecular weight excluding hydrogens is 340 g/mol. The molecule has 0 aromatic heterocycles.